The summed E-state index contributed by atoms with van der Waals surface area (Å²) >= 11 is 0. The Labute approximate surface area is 148 Å². The standard InChI is InChI=1S/C18H28N4O3/c1-14-5-6-17(24)22(19-14)11-16-9-20(10-16)12-18(25)7-3-4-8-21(13-18)15(2)23/h5-6,16,25H,3-4,7-13H2,1-2H3. The van der Waals surface area contributed by atoms with Crippen molar-refractivity contribution in [1.82, 2.24) is 19.6 Å². The maximum Gasteiger partial charge on any atom is 0.266 e. The summed E-state index contributed by atoms with van der Waals surface area (Å²) in [4.78, 5) is 27.5. The monoisotopic (exact) mass is 348 g/mol. The SMILES string of the molecule is CC(=O)N1CCCCC(O)(CN2CC(Cn3nc(C)ccc3=O)C2)C1. The third-order valence-electron chi connectivity index (χ3n) is 5.23. The lowest BCUT2D eigenvalue weighted by molar-refractivity contribution is -0.133. The second-order valence-electron chi connectivity index (χ2n) is 7.68. The highest BCUT2D eigenvalue weighted by Crippen LogP contribution is 2.26. The van der Waals surface area contributed by atoms with E-state index < -0.39 is 5.60 Å². The van der Waals surface area contributed by atoms with Crippen LogP contribution >= 0.6 is 0 Å². The maximum atomic E-state index is 11.8. The van der Waals surface area contributed by atoms with E-state index in [-0.39, 0.29) is 11.5 Å². The lowest BCUT2D eigenvalue weighted by atomic mass is 9.92. The second kappa shape index (κ2) is 7.25. The van der Waals surface area contributed by atoms with Crippen LogP contribution in [-0.2, 0) is 11.3 Å². The fourth-order valence-electron chi connectivity index (χ4n) is 3.93. The van der Waals surface area contributed by atoms with Gasteiger partial charge in [-0.25, -0.2) is 4.68 Å². The molecule has 1 N–H and O–H groups in total. The molecule has 1 aromatic rings. The molecule has 1 unspecified atom stereocenters. The smallest absolute Gasteiger partial charge is 0.266 e. The van der Waals surface area contributed by atoms with Crippen molar-refractivity contribution in [2.45, 2.75) is 45.3 Å². The Morgan fingerprint density at radius 2 is 2.12 bits per heavy atom. The van der Waals surface area contributed by atoms with E-state index in [2.05, 4.69) is 10.00 Å². The summed E-state index contributed by atoms with van der Waals surface area (Å²) in [6.07, 6.45) is 2.63. The molecule has 138 valence electrons. The molecule has 0 radical (unpaired) electrons. The van der Waals surface area contributed by atoms with Gasteiger partial charge in [-0.05, 0) is 32.3 Å². The van der Waals surface area contributed by atoms with Crippen LogP contribution < -0.4 is 5.56 Å². The zero-order valence-corrected chi connectivity index (χ0v) is 15.1. The van der Waals surface area contributed by atoms with E-state index in [4.69, 9.17) is 0 Å². The second-order valence-corrected chi connectivity index (χ2v) is 7.68. The molecular formula is C18H28N4O3. The van der Waals surface area contributed by atoms with E-state index in [1.54, 1.807) is 24.0 Å². The van der Waals surface area contributed by atoms with Crippen LogP contribution in [0.25, 0.3) is 0 Å². The molecule has 7 nitrogen and oxygen atoms in total. The third-order valence-corrected chi connectivity index (χ3v) is 5.23. The van der Waals surface area contributed by atoms with Crippen molar-refractivity contribution in [2.24, 2.45) is 5.92 Å². The number of amides is 1. The molecule has 1 aromatic heterocycles. The third kappa shape index (κ3) is 4.46. The first-order valence-electron chi connectivity index (χ1n) is 9.10. The van der Waals surface area contributed by atoms with Crippen LogP contribution in [0.15, 0.2) is 16.9 Å². The van der Waals surface area contributed by atoms with Crippen LogP contribution in [0.5, 0.6) is 0 Å². The predicted octanol–water partition coefficient (Wildman–Crippen LogP) is 0.247. The van der Waals surface area contributed by atoms with Crippen molar-refractivity contribution in [1.29, 1.82) is 0 Å². The summed E-state index contributed by atoms with van der Waals surface area (Å²) in [6, 6.07) is 3.29. The summed E-state index contributed by atoms with van der Waals surface area (Å²) in [5, 5.41) is 15.2. The van der Waals surface area contributed by atoms with E-state index in [1.807, 2.05) is 6.92 Å². The zero-order chi connectivity index (χ0) is 18.0. The number of β-amino-alcohol motifs (C(OH)–C–C–N with tert-alkyl or cyclic N) is 1. The first-order chi connectivity index (χ1) is 11.8. The molecule has 7 heteroatoms. The average Bonchev–Trinajstić information content (AvgIpc) is 2.71. The number of aryl methyl sites for hydroxylation is 1. The lowest BCUT2D eigenvalue weighted by Crippen LogP contribution is -2.58. The highest BCUT2D eigenvalue weighted by Gasteiger charge is 2.38. The summed E-state index contributed by atoms with van der Waals surface area (Å²) in [7, 11) is 0. The first-order valence-corrected chi connectivity index (χ1v) is 9.10. The zero-order valence-electron chi connectivity index (χ0n) is 15.1. The number of nitrogens with zero attached hydrogens (tertiary/aromatic N) is 4. The number of aliphatic hydroxyl groups is 1. The number of carbonyl (C=O) groups is 1. The average molecular weight is 348 g/mol. The Morgan fingerprint density at radius 3 is 2.84 bits per heavy atom. The molecule has 2 saturated heterocycles. The summed E-state index contributed by atoms with van der Waals surface area (Å²) < 4.78 is 1.54. The van der Waals surface area contributed by atoms with Gasteiger partial charge in [-0.15, -0.1) is 0 Å². The number of hydrogen-bond acceptors (Lipinski definition) is 5. The maximum absolute atomic E-state index is 11.8. The molecule has 1 atom stereocenters. The van der Waals surface area contributed by atoms with Crippen LogP contribution in [0.2, 0.25) is 0 Å². The molecule has 2 aliphatic heterocycles. The van der Waals surface area contributed by atoms with Crippen molar-refractivity contribution in [3.63, 3.8) is 0 Å². The number of aromatic nitrogens is 2. The number of hydrogen-bond donors (Lipinski definition) is 1. The van der Waals surface area contributed by atoms with Gasteiger partial charge in [0.2, 0.25) is 5.91 Å². The Balaban J connectivity index is 1.53. The Hall–Kier alpha value is -1.73. The molecule has 0 spiro atoms. The van der Waals surface area contributed by atoms with Crippen LogP contribution in [0.3, 0.4) is 0 Å². The molecule has 2 fully saturated rings. The van der Waals surface area contributed by atoms with Gasteiger partial charge in [0.1, 0.15) is 0 Å². The summed E-state index contributed by atoms with van der Waals surface area (Å²) in [6.45, 7) is 7.52. The highest BCUT2D eigenvalue weighted by atomic mass is 16.3. The van der Waals surface area contributed by atoms with Gasteiger partial charge in [0, 0.05) is 45.1 Å². The molecule has 25 heavy (non-hydrogen) atoms. The van der Waals surface area contributed by atoms with Gasteiger partial charge in [-0.1, -0.05) is 0 Å². The molecule has 3 rings (SSSR count). The van der Waals surface area contributed by atoms with Gasteiger partial charge in [-0.3, -0.25) is 14.5 Å². The molecule has 2 aliphatic rings. The minimum atomic E-state index is -0.828. The number of carbonyl (C=O) groups excluding carboxylic acids is 1. The molecule has 1 amide bonds. The minimum absolute atomic E-state index is 0.0340. The fraction of sp³-hybridized carbons (Fsp3) is 0.722. The fourth-order valence-corrected chi connectivity index (χ4v) is 3.93. The topological polar surface area (TPSA) is 78.7 Å². The van der Waals surface area contributed by atoms with Crippen molar-refractivity contribution >= 4 is 5.91 Å². The van der Waals surface area contributed by atoms with Crippen molar-refractivity contribution in [3.8, 4) is 0 Å². The van der Waals surface area contributed by atoms with Gasteiger partial charge in [0.05, 0.1) is 24.4 Å². The minimum Gasteiger partial charge on any atom is -0.387 e. The first kappa shape index (κ1) is 18.1. The van der Waals surface area contributed by atoms with Crippen molar-refractivity contribution in [2.75, 3.05) is 32.7 Å². The number of rotatable bonds is 4. The summed E-state index contributed by atoms with van der Waals surface area (Å²) in [5.41, 5.74) is -0.0534. The Bertz CT molecular complexity index is 683. The Morgan fingerprint density at radius 1 is 1.36 bits per heavy atom. The summed E-state index contributed by atoms with van der Waals surface area (Å²) in [5.74, 6) is 0.414. The van der Waals surface area contributed by atoms with Crippen LogP contribution in [0.4, 0.5) is 0 Å². The quantitative estimate of drug-likeness (QED) is 0.844. The van der Waals surface area contributed by atoms with Crippen LogP contribution in [0, 0.1) is 12.8 Å². The molecule has 0 aromatic carbocycles. The van der Waals surface area contributed by atoms with Gasteiger partial charge >= 0.3 is 0 Å². The van der Waals surface area contributed by atoms with Gasteiger partial charge < -0.3 is 10.0 Å². The molecule has 0 bridgehead atoms. The van der Waals surface area contributed by atoms with E-state index in [0.29, 0.717) is 25.6 Å². The predicted molar refractivity (Wildman–Crippen MR) is 94.2 cm³/mol. The highest BCUT2D eigenvalue weighted by molar-refractivity contribution is 5.73. The lowest BCUT2D eigenvalue weighted by Gasteiger charge is -2.44. The molecule has 0 aliphatic carbocycles. The molecule has 0 saturated carbocycles. The van der Waals surface area contributed by atoms with Gasteiger partial charge in [0.25, 0.3) is 5.56 Å². The van der Waals surface area contributed by atoms with E-state index in [9.17, 15) is 14.7 Å². The van der Waals surface area contributed by atoms with Crippen molar-refractivity contribution < 1.29 is 9.90 Å². The number of likely N-dealkylation sites (tertiary alicyclic amines) is 2. The van der Waals surface area contributed by atoms with Gasteiger partial charge in [0.15, 0.2) is 0 Å². The van der Waals surface area contributed by atoms with E-state index in [1.165, 1.54) is 4.68 Å². The van der Waals surface area contributed by atoms with Gasteiger partial charge in [-0.2, -0.15) is 5.10 Å². The van der Waals surface area contributed by atoms with Crippen molar-refractivity contribution in [3.05, 3.63) is 28.2 Å². The van der Waals surface area contributed by atoms with E-state index >= 15 is 0 Å². The van der Waals surface area contributed by atoms with Crippen LogP contribution in [0.1, 0.15) is 31.9 Å². The molecule has 3 heterocycles. The molecular weight excluding hydrogens is 320 g/mol. The van der Waals surface area contributed by atoms with E-state index in [0.717, 1.165) is 44.6 Å². The normalized spacial score (nSPS) is 25.5. The largest absolute Gasteiger partial charge is 0.387 e. The Kier molecular flexibility index (Phi) is 5.24. The van der Waals surface area contributed by atoms with Crippen LogP contribution in [-0.4, -0.2) is 68.9 Å².